The Bertz CT molecular complexity index is 1060. The Balaban J connectivity index is 1.99. The Morgan fingerprint density at radius 2 is 1.07 bits per heavy atom. The van der Waals surface area contributed by atoms with E-state index in [1.54, 1.807) is 0 Å². The molecule has 4 rings (SSSR count). The van der Waals surface area contributed by atoms with Gasteiger partial charge in [0.05, 0.1) is 0 Å². The fourth-order valence-corrected chi connectivity index (χ4v) is 4.34. The second kappa shape index (κ2) is 6.55. The first-order valence-corrected chi connectivity index (χ1v) is 9.66. The van der Waals surface area contributed by atoms with Crippen molar-refractivity contribution in [1.82, 2.24) is 0 Å². The van der Waals surface area contributed by atoms with E-state index in [1.807, 2.05) is 72.8 Å². The molecule has 4 aromatic carbocycles. The van der Waals surface area contributed by atoms with Gasteiger partial charge in [-0.25, -0.2) is 0 Å². The Kier molecular flexibility index (Phi) is 4.32. The molecule has 0 bridgehead atoms. The van der Waals surface area contributed by atoms with Gasteiger partial charge in [0.25, 0.3) is 0 Å². The minimum absolute atomic E-state index is 0.184. The zero-order valence-electron chi connectivity index (χ0n) is 15.5. The van der Waals surface area contributed by atoms with Crippen LogP contribution in [0.4, 0.5) is 0 Å². The molecule has 0 saturated heterocycles. The van der Waals surface area contributed by atoms with Crippen molar-refractivity contribution in [1.29, 1.82) is 0 Å². The van der Waals surface area contributed by atoms with Crippen LogP contribution in [-0.2, 0) is 0 Å². The number of hydrogen-bond acceptors (Lipinski definition) is 2. The number of benzene rings is 4. The molecule has 0 amide bonds. The van der Waals surface area contributed by atoms with Crippen LogP contribution in [0.2, 0.25) is 0 Å². The molecular formula is C24H23O2P. The van der Waals surface area contributed by atoms with Crippen LogP contribution in [0.25, 0.3) is 21.5 Å². The van der Waals surface area contributed by atoms with Gasteiger partial charge in [-0.2, -0.15) is 0 Å². The molecule has 2 nitrogen and oxygen atoms in total. The minimum atomic E-state index is -0.278. The van der Waals surface area contributed by atoms with E-state index in [1.165, 1.54) is 0 Å². The molecule has 0 aromatic heterocycles. The second-order valence-electron chi connectivity index (χ2n) is 7.70. The zero-order valence-corrected chi connectivity index (χ0v) is 16.6. The van der Waals surface area contributed by atoms with Crippen molar-refractivity contribution in [2.75, 3.05) is 0 Å². The van der Waals surface area contributed by atoms with Crippen molar-refractivity contribution < 1.29 is 10.2 Å². The maximum atomic E-state index is 11.1. The third-order valence-corrected chi connectivity index (χ3v) is 5.56. The molecule has 0 spiro atoms. The van der Waals surface area contributed by atoms with Gasteiger partial charge < -0.3 is 10.2 Å². The van der Waals surface area contributed by atoms with Crippen LogP contribution in [0.1, 0.15) is 30.9 Å². The lowest BCUT2D eigenvalue weighted by Crippen LogP contribution is -2.23. The molecular weight excluding hydrogens is 351 g/mol. The van der Waals surface area contributed by atoms with Gasteiger partial charge >= 0.3 is 0 Å². The van der Waals surface area contributed by atoms with E-state index in [0.29, 0.717) is 0 Å². The largest absolute Gasteiger partial charge is 0.507 e. The van der Waals surface area contributed by atoms with Crippen LogP contribution in [0.3, 0.4) is 0 Å². The minimum Gasteiger partial charge on any atom is -0.507 e. The molecule has 136 valence electrons. The summed E-state index contributed by atoms with van der Waals surface area (Å²) in [7, 11) is 2.87. The van der Waals surface area contributed by atoms with Crippen molar-refractivity contribution in [3.63, 3.8) is 0 Å². The molecule has 2 N–H and O–H groups in total. The average molecular weight is 374 g/mol. The highest BCUT2D eigenvalue weighted by atomic mass is 31.0. The second-order valence-corrected chi connectivity index (χ2v) is 9.19. The van der Waals surface area contributed by atoms with Crippen LogP contribution >= 0.6 is 9.24 Å². The van der Waals surface area contributed by atoms with Gasteiger partial charge in [-0.05, 0) is 15.9 Å². The summed E-state index contributed by atoms with van der Waals surface area (Å²) in [6.45, 7) is 4.21. The van der Waals surface area contributed by atoms with Gasteiger partial charge in [-0.3, -0.25) is 0 Å². The number of aromatic hydroxyl groups is 2. The Morgan fingerprint density at radius 1 is 0.667 bits per heavy atom. The first-order chi connectivity index (χ1) is 12.9. The van der Waals surface area contributed by atoms with Crippen molar-refractivity contribution in [2.45, 2.75) is 24.9 Å². The lowest BCUT2D eigenvalue weighted by Gasteiger charge is -2.33. The predicted octanol–water partition coefficient (Wildman–Crippen LogP) is 6.19. The average Bonchev–Trinajstić information content (AvgIpc) is 2.65. The molecule has 3 heteroatoms. The highest BCUT2D eigenvalue weighted by molar-refractivity contribution is 7.19. The Hall–Kier alpha value is -2.57. The van der Waals surface area contributed by atoms with Crippen molar-refractivity contribution in [3.8, 4) is 11.5 Å². The normalized spacial score (nSPS) is 12.1. The smallest absolute Gasteiger partial charge is 0.127 e. The molecule has 27 heavy (non-hydrogen) atoms. The van der Waals surface area contributed by atoms with E-state index >= 15 is 0 Å². The van der Waals surface area contributed by atoms with Crippen LogP contribution in [0.5, 0.6) is 11.5 Å². The molecule has 0 saturated carbocycles. The van der Waals surface area contributed by atoms with E-state index in [2.05, 4.69) is 23.1 Å². The summed E-state index contributed by atoms with van der Waals surface area (Å²) in [6.07, 6.45) is 0. The van der Waals surface area contributed by atoms with Crippen LogP contribution in [0.15, 0.2) is 72.8 Å². The third kappa shape index (κ3) is 3.05. The summed E-state index contributed by atoms with van der Waals surface area (Å²) in [5, 5.41) is 25.5. The van der Waals surface area contributed by atoms with Gasteiger partial charge in [0.15, 0.2) is 0 Å². The molecule has 1 atom stereocenters. The van der Waals surface area contributed by atoms with Crippen molar-refractivity contribution >= 4 is 30.8 Å². The zero-order chi connectivity index (χ0) is 19.2. The number of phenols is 2. The fourth-order valence-electron chi connectivity index (χ4n) is 3.98. The molecule has 1 unspecified atom stereocenters. The summed E-state index contributed by atoms with van der Waals surface area (Å²) in [4.78, 5) is 0. The summed E-state index contributed by atoms with van der Waals surface area (Å²) < 4.78 is 0. The van der Waals surface area contributed by atoms with Gasteiger partial charge in [0.1, 0.15) is 11.5 Å². The van der Waals surface area contributed by atoms with E-state index < -0.39 is 0 Å². The predicted molar refractivity (Wildman–Crippen MR) is 117 cm³/mol. The summed E-state index contributed by atoms with van der Waals surface area (Å²) in [6, 6.07) is 23.7. The highest BCUT2D eigenvalue weighted by Gasteiger charge is 2.33. The first kappa shape index (κ1) is 17.8. The Labute approximate surface area is 161 Å². The molecule has 0 radical (unpaired) electrons. The molecule has 4 aromatic rings. The highest BCUT2D eigenvalue weighted by Crippen LogP contribution is 2.49. The summed E-state index contributed by atoms with van der Waals surface area (Å²) in [5.74, 6) is 0.374. The molecule has 0 heterocycles. The maximum Gasteiger partial charge on any atom is 0.127 e. The molecule has 0 fully saturated rings. The van der Waals surface area contributed by atoms with E-state index in [4.69, 9.17) is 0 Å². The van der Waals surface area contributed by atoms with Crippen LogP contribution < -0.4 is 0 Å². The number of rotatable bonds is 3. The van der Waals surface area contributed by atoms with E-state index in [9.17, 15) is 10.2 Å². The van der Waals surface area contributed by atoms with Gasteiger partial charge in [-0.1, -0.05) is 86.6 Å². The Morgan fingerprint density at radius 3 is 1.48 bits per heavy atom. The SMILES string of the molecule is CC(C)(P)C(c1ccc2ccccc2c1O)c1ccc2ccccc2c1O. The monoisotopic (exact) mass is 374 g/mol. The lowest BCUT2D eigenvalue weighted by atomic mass is 9.79. The fraction of sp³-hybridized carbons (Fsp3) is 0.167. The number of phenolic OH excluding ortho intramolecular Hbond substituents is 2. The first-order valence-electron chi connectivity index (χ1n) is 9.08. The van der Waals surface area contributed by atoms with E-state index in [-0.39, 0.29) is 22.6 Å². The quantitative estimate of drug-likeness (QED) is 0.420. The standard InChI is InChI=1S/C24H23O2P/c1-24(2,27)21(19-13-11-15-7-3-5-9-17(15)22(19)25)20-14-12-16-8-4-6-10-18(16)23(20)26/h3-14,21,25-26H,27H2,1-2H3. The number of fused-ring (bicyclic) bond motifs is 2. The van der Waals surface area contributed by atoms with Crippen LogP contribution in [-0.4, -0.2) is 15.4 Å². The maximum absolute atomic E-state index is 11.1. The number of hydrogen-bond donors (Lipinski definition) is 2. The molecule has 0 aliphatic rings. The third-order valence-electron chi connectivity index (χ3n) is 5.23. The van der Waals surface area contributed by atoms with Gasteiger partial charge in [0.2, 0.25) is 0 Å². The van der Waals surface area contributed by atoms with Crippen molar-refractivity contribution in [2.24, 2.45) is 0 Å². The van der Waals surface area contributed by atoms with E-state index in [0.717, 1.165) is 32.7 Å². The summed E-state index contributed by atoms with van der Waals surface area (Å²) >= 11 is 0. The molecule has 0 aliphatic heterocycles. The topological polar surface area (TPSA) is 40.5 Å². The molecule has 0 aliphatic carbocycles. The summed E-state index contributed by atoms with van der Waals surface area (Å²) in [5.41, 5.74) is 1.64. The van der Waals surface area contributed by atoms with Crippen molar-refractivity contribution in [3.05, 3.63) is 83.9 Å². The van der Waals surface area contributed by atoms with Gasteiger partial charge in [0, 0.05) is 27.8 Å². The lowest BCUT2D eigenvalue weighted by molar-refractivity contribution is 0.449. The van der Waals surface area contributed by atoms with Gasteiger partial charge in [-0.15, -0.1) is 9.24 Å². The van der Waals surface area contributed by atoms with Crippen LogP contribution in [0, 0.1) is 0 Å².